The van der Waals surface area contributed by atoms with Gasteiger partial charge in [0, 0.05) is 44.7 Å². The minimum atomic E-state index is -0.0493. The third kappa shape index (κ3) is 3.00. The van der Waals surface area contributed by atoms with E-state index in [9.17, 15) is 9.59 Å². The first-order chi connectivity index (χ1) is 10.9. The SMILES string of the molecule is CC(=O)N1CCCCC2(C1)CN(C(=O)c1cnc(N)nc1C)C2. The van der Waals surface area contributed by atoms with Crippen molar-refractivity contribution in [3.8, 4) is 0 Å². The molecule has 124 valence electrons. The Labute approximate surface area is 135 Å². The van der Waals surface area contributed by atoms with E-state index in [1.165, 1.54) is 6.20 Å². The Morgan fingerprint density at radius 1 is 1.22 bits per heavy atom. The Bertz CT molecular complexity index is 639. The lowest BCUT2D eigenvalue weighted by molar-refractivity contribution is -0.131. The van der Waals surface area contributed by atoms with E-state index >= 15 is 0 Å². The lowest BCUT2D eigenvalue weighted by Crippen LogP contribution is -2.62. The lowest BCUT2D eigenvalue weighted by atomic mass is 9.75. The molecule has 1 aromatic heterocycles. The van der Waals surface area contributed by atoms with Crippen molar-refractivity contribution in [3.63, 3.8) is 0 Å². The standard InChI is InChI=1S/C16H23N5O2/c1-11-13(7-18-15(17)19-11)14(23)21-9-16(10-21)5-3-4-6-20(8-16)12(2)22/h7H,3-6,8-10H2,1-2H3,(H2,17,18,19). The molecule has 1 aromatic rings. The number of nitrogens with two attached hydrogens (primary N) is 1. The Balaban J connectivity index is 1.69. The molecule has 0 unspecified atom stereocenters. The molecule has 23 heavy (non-hydrogen) atoms. The molecule has 0 aromatic carbocycles. The highest BCUT2D eigenvalue weighted by molar-refractivity contribution is 5.95. The zero-order chi connectivity index (χ0) is 16.6. The third-order valence-electron chi connectivity index (χ3n) is 4.92. The number of nitrogens with zero attached hydrogens (tertiary/aromatic N) is 4. The molecule has 0 atom stereocenters. The molecule has 2 aliphatic rings. The molecule has 3 rings (SSSR count). The maximum atomic E-state index is 12.6. The molecule has 3 heterocycles. The van der Waals surface area contributed by atoms with Crippen molar-refractivity contribution < 1.29 is 9.59 Å². The fraction of sp³-hybridized carbons (Fsp3) is 0.625. The van der Waals surface area contributed by atoms with Gasteiger partial charge in [-0.1, -0.05) is 6.42 Å². The van der Waals surface area contributed by atoms with E-state index in [0.717, 1.165) is 32.4 Å². The highest BCUT2D eigenvalue weighted by atomic mass is 16.2. The number of nitrogen functional groups attached to an aromatic ring is 1. The first-order valence-electron chi connectivity index (χ1n) is 8.04. The third-order valence-corrected chi connectivity index (χ3v) is 4.92. The number of carbonyl (C=O) groups is 2. The van der Waals surface area contributed by atoms with Crippen molar-refractivity contribution in [1.82, 2.24) is 19.8 Å². The average molecular weight is 317 g/mol. The molecule has 7 heteroatoms. The van der Waals surface area contributed by atoms with E-state index in [2.05, 4.69) is 9.97 Å². The maximum Gasteiger partial charge on any atom is 0.257 e. The smallest absolute Gasteiger partial charge is 0.257 e. The van der Waals surface area contributed by atoms with Crippen molar-refractivity contribution >= 4 is 17.8 Å². The van der Waals surface area contributed by atoms with Gasteiger partial charge in [-0.2, -0.15) is 0 Å². The van der Waals surface area contributed by atoms with Gasteiger partial charge >= 0.3 is 0 Å². The van der Waals surface area contributed by atoms with Crippen LogP contribution in [0.1, 0.15) is 42.2 Å². The van der Waals surface area contributed by atoms with Gasteiger partial charge in [-0.15, -0.1) is 0 Å². The summed E-state index contributed by atoms with van der Waals surface area (Å²) < 4.78 is 0. The largest absolute Gasteiger partial charge is 0.368 e. The van der Waals surface area contributed by atoms with E-state index in [0.29, 0.717) is 24.3 Å². The second-order valence-electron chi connectivity index (χ2n) is 6.79. The summed E-state index contributed by atoms with van der Waals surface area (Å²) in [5, 5.41) is 0. The lowest BCUT2D eigenvalue weighted by Gasteiger charge is -2.51. The van der Waals surface area contributed by atoms with Gasteiger partial charge in [0.05, 0.1) is 11.3 Å². The average Bonchev–Trinajstić information content (AvgIpc) is 2.68. The Kier molecular flexibility index (Phi) is 3.95. The quantitative estimate of drug-likeness (QED) is 0.828. The molecule has 0 aliphatic carbocycles. The summed E-state index contributed by atoms with van der Waals surface area (Å²) in [4.78, 5) is 36.0. The number of anilines is 1. The summed E-state index contributed by atoms with van der Waals surface area (Å²) in [6.45, 7) is 6.36. The van der Waals surface area contributed by atoms with Crippen molar-refractivity contribution in [3.05, 3.63) is 17.5 Å². The van der Waals surface area contributed by atoms with Gasteiger partial charge < -0.3 is 15.5 Å². The van der Waals surface area contributed by atoms with Crippen LogP contribution in [0.4, 0.5) is 5.95 Å². The number of hydrogen-bond donors (Lipinski definition) is 1. The van der Waals surface area contributed by atoms with Crippen LogP contribution in [0, 0.1) is 12.3 Å². The van der Waals surface area contributed by atoms with E-state index in [-0.39, 0.29) is 23.2 Å². The van der Waals surface area contributed by atoms with Gasteiger partial charge in [0.25, 0.3) is 5.91 Å². The minimum Gasteiger partial charge on any atom is -0.368 e. The number of amides is 2. The van der Waals surface area contributed by atoms with E-state index in [1.807, 2.05) is 9.80 Å². The monoisotopic (exact) mass is 317 g/mol. The summed E-state index contributed by atoms with van der Waals surface area (Å²) in [6.07, 6.45) is 4.72. The normalized spacial score (nSPS) is 20.1. The van der Waals surface area contributed by atoms with Crippen molar-refractivity contribution in [1.29, 1.82) is 0 Å². The molecule has 0 bridgehead atoms. The molecule has 0 radical (unpaired) electrons. The van der Waals surface area contributed by atoms with E-state index in [4.69, 9.17) is 5.73 Å². The maximum absolute atomic E-state index is 12.6. The van der Waals surface area contributed by atoms with Crippen LogP contribution in [0.2, 0.25) is 0 Å². The highest BCUT2D eigenvalue weighted by Gasteiger charge is 2.47. The van der Waals surface area contributed by atoms with E-state index in [1.54, 1.807) is 13.8 Å². The van der Waals surface area contributed by atoms with Crippen LogP contribution < -0.4 is 5.73 Å². The van der Waals surface area contributed by atoms with Crippen molar-refractivity contribution in [2.45, 2.75) is 33.1 Å². The number of rotatable bonds is 1. The predicted molar refractivity (Wildman–Crippen MR) is 85.6 cm³/mol. The second-order valence-corrected chi connectivity index (χ2v) is 6.79. The van der Waals surface area contributed by atoms with Crippen LogP contribution in [-0.4, -0.2) is 57.8 Å². The molecule has 2 saturated heterocycles. The van der Waals surface area contributed by atoms with Crippen LogP contribution in [0.15, 0.2) is 6.20 Å². The molecule has 2 fully saturated rings. The topological polar surface area (TPSA) is 92.4 Å². The molecule has 1 spiro atoms. The fourth-order valence-electron chi connectivity index (χ4n) is 3.66. The fourth-order valence-corrected chi connectivity index (χ4v) is 3.66. The van der Waals surface area contributed by atoms with Crippen molar-refractivity contribution in [2.24, 2.45) is 5.41 Å². The number of carbonyl (C=O) groups excluding carboxylic acids is 2. The summed E-state index contributed by atoms with van der Waals surface area (Å²) in [5.74, 6) is 0.255. The first-order valence-corrected chi connectivity index (χ1v) is 8.04. The highest BCUT2D eigenvalue weighted by Crippen LogP contribution is 2.39. The molecule has 2 N–H and O–H groups in total. The van der Waals surface area contributed by atoms with Gasteiger partial charge in [-0.25, -0.2) is 9.97 Å². The van der Waals surface area contributed by atoms with Gasteiger partial charge in [-0.3, -0.25) is 9.59 Å². The van der Waals surface area contributed by atoms with Gasteiger partial charge in [0.2, 0.25) is 11.9 Å². The van der Waals surface area contributed by atoms with E-state index < -0.39 is 0 Å². The molecule has 7 nitrogen and oxygen atoms in total. The summed E-state index contributed by atoms with van der Waals surface area (Å²) >= 11 is 0. The van der Waals surface area contributed by atoms with Gasteiger partial charge in [0.15, 0.2) is 0 Å². The second kappa shape index (κ2) is 5.79. The molecular formula is C16H23N5O2. The Hall–Kier alpha value is -2.18. The molecule has 2 aliphatic heterocycles. The van der Waals surface area contributed by atoms with Crippen LogP contribution >= 0.6 is 0 Å². The molecule has 2 amide bonds. The number of aryl methyl sites for hydroxylation is 1. The Morgan fingerprint density at radius 3 is 2.57 bits per heavy atom. The van der Waals surface area contributed by atoms with Gasteiger partial charge in [0.1, 0.15) is 0 Å². The van der Waals surface area contributed by atoms with Crippen LogP contribution in [-0.2, 0) is 4.79 Å². The summed E-state index contributed by atoms with van der Waals surface area (Å²) in [5.41, 5.74) is 6.71. The molecule has 0 saturated carbocycles. The zero-order valence-electron chi connectivity index (χ0n) is 13.7. The number of likely N-dealkylation sites (tertiary alicyclic amines) is 2. The van der Waals surface area contributed by atoms with Crippen molar-refractivity contribution in [2.75, 3.05) is 31.9 Å². The zero-order valence-corrected chi connectivity index (χ0v) is 13.7. The van der Waals surface area contributed by atoms with Gasteiger partial charge in [-0.05, 0) is 19.8 Å². The number of hydrogen-bond acceptors (Lipinski definition) is 5. The minimum absolute atomic E-state index is 0.0493. The summed E-state index contributed by atoms with van der Waals surface area (Å²) in [7, 11) is 0. The first kappa shape index (κ1) is 15.7. The molecular weight excluding hydrogens is 294 g/mol. The number of aromatic nitrogens is 2. The predicted octanol–water partition coefficient (Wildman–Crippen LogP) is 0.842. The summed E-state index contributed by atoms with van der Waals surface area (Å²) in [6, 6.07) is 0. The van der Waals surface area contributed by atoms with Crippen LogP contribution in [0.25, 0.3) is 0 Å². The Morgan fingerprint density at radius 2 is 1.91 bits per heavy atom. The van der Waals surface area contributed by atoms with Crippen LogP contribution in [0.3, 0.4) is 0 Å². The van der Waals surface area contributed by atoms with Crippen LogP contribution in [0.5, 0.6) is 0 Å².